The van der Waals surface area contributed by atoms with Gasteiger partial charge in [0.15, 0.2) is 0 Å². The zero-order chi connectivity index (χ0) is 26.3. The zero-order valence-corrected chi connectivity index (χ0v) is 19.9. The number of aromatic nitrogens is 2. The molecule has 8 nitrogen and oxygen atoms in total. The molecule has 3 heterocycles. The number of rotatable bonds is 5. The van der Waals surface area contributed by atoms with E-state index in [0.29, 0.717) is 30.0 Å². The number of anilines is 2. The van der Waals surface area contributed by atoms with Gasteiger partial charge in [-0.05, 0) is 42.8 Å². The lowest BCUT2D eigenvalue weighted by molar-refractivity contribution is -0.210. The average molecular weight is 509 g/mol. The van der Waals surface area contributed by atoms with Gasteiger partial charge in [0.05, 0.1) is 41.9 Å². The molecular weight excluding hydrogens is 485 g/mol. The molecule has 5 rings (SSSR count). The van der Waals surface area contributed by atoms with E-state index in [1.807, 2.05) is 13.0 Å². The highest BCUT2D eigenvalue weighted by molar-refractivity contribution is 6.15. The molecular formula is C26H23F3N6O2. The largest absolute Gasteiger partial charge is 0.394 e. The number of nitrogens with one attached hydrogen (secondary N) is 1. The number of hydrogen-bond donors (Lipinski definition) is 1. The van der Waals surface area contributed by atoms with E-state index in [-0.39, 0.29) is 36.3 Å². The van der Waals surface area contributed by atoms with Gasteiger partial charge >= 0.3 is 6.18 Å². The third kappa shape index (κ3) is 4.80. The minimum atomic E-state index is -4.16. The number of benzene rings is 2. The van der Waals surface area contributed by atoms with Crippen LogP contribution in [-0.2, 0) is 13.1 Å². The molecule has 190 valence electrons. The summed E-state index contributed by atoms with van der Waals surface area (Å²) < 4.78 is 39.7. The quantitative estimate of drug-likeness (QED) is 0.561. The molecule has 1 aromatic heterocycles. The first-order chi connectivity index (χ1) is 17.6. The Hall–Kier alpha value is -4.17. The molecule has 2 aliphatic heterocycles. The minimum Gasteiger partial charge on any atom is -0.322 e. The van der Waals surface area contributed by atoms with Gasteiger partial charge in [-0.15, -0.1) is 0 Å². The number of hydrogen-bond acceptors (Lipinski definition) is 5. The summed E-state index contributed by atoms with van der Waals surface area (Å²) in [6.45, 7) is 2.64. The second-order valence-corrected chi connectivity index (χ2v) is 9.36. The van der Waals surface area contributed by atoms with E-state index in [1.165, 1.54) is 16.9 Å². The summed E-state index contributed by atoms with van der Waals surface area (Å²) in [4.78, 5) is 29.9. The molecule has 2 aliphatic rings. The number of halogens is 3. The standard InChI is InChI=1S/C26H23F3N6O2/c1-16-12-34-23(22(11-31-34)24(36)32-20-4-2-3-18(9-20)10-30)25(37)35(16)21-7-5-17(6-8-21)13-33-14-19(15-33)26(27,28)29/h2-9,11,16,19H,12-15H2,1H3,(H,32,36)/t16-/m0/s1. The number of nitriles is 1. The van der Waals surface area contributed by atoms with E-state index in [4.69, 9.17) is 5.26 Å². The van der Waals surface area contributed by atoms with Gasteiger partial charge in [0.1, 0.15) is 5.69 Å². The normalized spacial score (nSPS) is 18.2. The van der Waals surface area contributed by atoms with Crippen molar-refractivity contribution in [3.05, 3.63) is 77.1 Å². The van der Waals surface area contributed by atoms with Crippen molar-refractivity contribution in [3.63, 3.8) is 0 Å². The second kappa shape index (κ2) is 9.37. The van der Waals surface area contributed by atoms with Gasteiger partial charge < -0.3 is 10.2 Å². The SMILES string of the molecule is C[C@H]1Cn2ncc(C(=O)Nc3cccc(C#N)c3)c2C(=O)N1c1ccc(CN2CC(C(F)(F)F)C2)cc1. The molecule has 3 aromatic rings. The molecule has 1 fully saturated rings. The Morgan fingerprint density at radius 3 is 2.57 bits per heavy atom. The summed E-state index contributed by atoms with van der Waals surface area (Å²) in [5.41, 5.74) is 2.58. The maximum atomic E-state index is 13.5. The van der Waals surface area contributed by atoms with Crippen LogP contribution in [-0.4, -0.2) is 51.8 Å². The van der Waals surface area contributed by atoms with E-state index < -0.39 is 18.0 Å². The summed E-state index contributed by atoms with van der Waals surface area (Å²) in [7, 11) is 0. The first-order valence-corrected chi connectivity index (χ1v) is 11.7. The second-order valence-electron chi connectivity index (χ2n) is 9.36. The van der Waals surface area contributed by atoms with E-state index in [2.05, 4.69) is 10.4 Å². The van der Waals surface area contributed by atoms with Crippen LogP contribution in [0.15, 0.2) is 54.7 Å². The number of carbonyl (C=O) groups excluding carboxylic acids is 2. The fraction of sp³-hybridized carbons (Fsp3) is 0.308. The molecule has 0 spiro atoms. The topological polar surface area (TPSA) is 94.3 Å². The number of alkyl halides is 3. The summed E-state index contributed by atoms with van der Waals surface area (Å²) in [5.74, 6) is -2.16. The van der Waals surface area contributed by atoms with Crippen molar-refractivity contribution in [1.82, 2.24) is 14.7 Å². The summed E-state index contributed by atoms with van der Waals surface area (Å²) in [6, 6.07) is 15.4. The van der Waals surface area contributed by atoms with Crippen LogP contribution in [0.4, 0.5) is 24.5 Å². The third-order valence-corrected chi connectivity index (χ3v) is 6.67. The van der Waals surface area contributed by atoms with Crippen LogP contribution in [0.5, 0.6) is 0 Å². The lowest BCUT2D eigenvalue weighted by Gasteiger charge is -2.40. The highest BCUT2D eigenvalue weighted by Crippen LogP contribution is 2.34. The van der Waals surface area contributed by atoms with Gasteiger partial charge in [-0.2, -0.15) is 23.5 Å². The lowest BCUT2D eigenvalue weighted by Crippen LogP contribution is -2.52. The fourth-order valence-electron chi connectivity index (χ4n) is 4.72. The molecule has 1 atom stereocenters. The summed E-state index contributed by atoms with van der Waals surface area (Å²) in [5, 5.41) is 16.0. The monoisotopic (exact) mass is 508 g/mol. The van der Waals surface area contributed by atoms with Gasteiger partial charge in [-0.25, -0.2) is 0 Å². The highest BCUT2D eigenvalue weighted by Gasteiger charge is 2.46. The highest BCUT2D eigenvalue weighted by atomic mass is 19.4. The van der Waals surface area contributed by atoms with E-state index >= 15 is 0 Å². The van der Waals surface area contributed by atoms with Crippen molar-refractivity contribution in [1.29, 1.82) is 5.26 Å². The molecule has 2 aromatic carbocycles. The van der Waals surface area contributed by atoms with Crippen LogP contribution in [0.1, 0.15) is 38.9 Å². The van der Waals surface area contributed by atoms with Gasteiger partial charge in [0.2, 0.25) is 0 Å². The van der Waals surface area contributed by atoms with Crippen molar-refractivity contribution >= 4 is 23.2 Å². The smallest absolute Gasteiger partial charge is 0.322 e. The Kier molecular flexibility index (Phi) is 6.21. The first kappa shape index (κ1) is 24.5. The molecule has 0 unspecified atom stereocenters. The molecule has 0 aliphatic carbocycles. The number of amides is 2. The van der Waals surface area contributed by atoms with Crippen LogP contribution in [0.25, 0.3) is 0 Å². The minimum absolute atomic E-state index is 0.0114. The summed E-state index contributed by atoms with van der Waals surface area (Å²) in [6.07, 6.45) is -2.80. The van der Waals surface area contributed by atoms with Crippen LogP contribution in [0.3, 0.4) is 0 Å². The van der Waals surface area contributed by atoms with Crippen molar-refractivity contribution in [2.45, 2.75) is 32.2 Å². The van der Waals surface area contributed by atoms with Gasteiger partial charge in [-0.3, -0.25) is 19.2 Å². The summed E-state index contributed by atoms with van der Waals surface area (Å²) >= 11 is 0. The number of fused-ring (bicyclic) bond motifs is 1. The predicted molar refractivity (Wildman–Crippen MR) is 129 cm³/mol. The fourth-order valence-corrected chi connectivity index (χ4v) is 4.72. The van der Waals surface area contributed by atoms with Crippen LogP contribution in [0, 0.1) is 17.2 Å². The van der Waals surface area contributed by atoms with Crippen LogP contribution in [0.2, 0.25) is 0 Å². The van der Waals surface area contributed by atoms with Gasteiger partial charge in [-0.1, -0.05) is 18.2 Å². The van der Waals surface area contributed by atoms with Crippen LogP contribution < -0.4 is 10.2 Å². The molecule has 0 radical (unpaired) electrons. The molecule has 0 saturated carbocycles. The molecule has 0 bridgehead atoms. The number of likely N-dealkylation sites (tertiary alicyclic amines) is 1. The van der Waals surface area contributed by atoms with Crippen LogP contribution >= 0.6 is 0 Å². The maximum absolute atomic E-state index is 13.5. The third-order valence-electron chi connectivity index (χ3n) is 6.67. The Bertz CT molecular complexity index is 1390. The Morgan fingerprint density at radius 2 is 1.89 bits per heavy atom. The number of carbonyl (C=O) groups is 2. The Balaban J connectivity index is 1.31. The van der Waals surface area contributed by atoms with E-state index in [1.54, 1.807) is 52.3 Å². The van der Waals surface area contributed by atoms with Crippen molar-refractivity contribution in [2.24, 2.45) is 5.92 Å². The molecule has 11 heteroatoms. The molecule has 1 N–H and O–H groups in total. The molecule has 37 heavy (non-hydrogen) atoms. The first-order valence-electron chi connectivity index (χ1n) is 11.7. The number of nitrogens with zero attached hydrogens (tertiary/aromatic N) is 5. The molecule has 1 saturated heterocycles. The van der Waals surface area contributed by atoms with E-state index in [9.17, 15) is 22.8 Å². The van der Waals surface area contributed by atoms with Crippen molar-refractivity contribution in [3.8, 4) is 6.07 Å². The van der Waals surface area contributed by atoms with Crippen molar-refractivity contribution in [2.75, 3.05) is 23.3 Å². The Morgan fingerprint density at radius 1 is 1.16 bits per heavy atom. The average Bonchev–Trinajstić information content (AvgIpc) is 3.25. The zero-order valence-electron chi connectivity index (χ0n) is 19.9. The lowest BCUT2D eigenvalue weighted by atomic mass is 9.98. The van der Waals surface area contributed by atoms with Gasteiger partial charge in [0, 0.05) is 31.0 Å². The van der Waals surface area contributed by atoms with Crippen molar-refractivity contribution < 1.29 is 22.8 Å². The Labute approximate surface area is 210 Å². The molecule has 2 amide bonds. The predicted octanol–water partition coefficient (Wildman–Crippen LogP) is 4.05. The van der Waals surface area contributed by atoms with E-state index in [0.717, 1.165) is 5.56 Å². The van der Waals surface area contributed by atoms with Gasteiger partial charge in [0.25, 0.3) is 11.8 Å². The maximum Gasteiger partial charge on any atom is 0.394 e.